The molecule has 3 heterocycles. The molecule has 0 saturated carbocycles. The van der Waals surface area contributed by atoms with Crippen molar-refractivity contribution >= 4 is 34.0 Å². The third kappa shape index (κ3) is 2.90. The average molecular weight is 380 g/mol. The van der Waals surface area contributed by atoms with Crippen LogP contribution in [0.15, 0.2) is 28.9 Å². The number of hydrogen-bond acceptors (Lipinski definition) is 5. The SMILES string of the molecule is CN(C(=O)O)[C@@H]1CCN(c2ncnc3c2oc2ccc(C(F)(F)F)cc23)C1. The number of rotatable bonds is 2. The fraction of sp³-hybridized carbons (Fsp3) is 0.353. The molecule has 1 N–H and O–H groups in total. The van der Waals surface area contributed by atoms with Gasteiger partial charge >= 0.3 is 12.3 Å². The summed E-state index contributed by atoms with van der Waals surface area (Å²) in [7, 11) is 1.51. The Morgan fingerprint density at radius 3 is 2.85 bits per heavy atom. The summed E-state index contributed by atoms with van der Waals surface area (Å²) in [4.78, 5) is 22.6. The smallest absolute Gasteiger partial charge is 0.416 e. The lowest BCUT2D eigenvalue weighted by Crippen LogP contribution is -2.38. The molecule has 2 aromatic heterocycles. The van der Waals surface area contributed by atoms with Crippen molar-refractivity contribution in [1.29, 1.82) is 0 Å². The summed E-state index contributed by atoms with van der Waals surface area (Å²) < 4.78 is 44.8. The highest BCUT2D eigenvalue weighted by Gasteiger charge is 2.33. The van der Waals surface area contributed by atoms with E-state index in [9.17, 15) is 18.0 Å². The van der Waals surface area contributed by atoms with Gasteiger partial charge in [0.15, 0.2) is 11.4 Å². The van der Waals surface area contributed by atoms with Crippen LogP contribution in [0.5, 0.6) is 0 Å². The Hall–Kier alpha value is -3.04. The Labute approximate surface area is 151 Å². The topological polar surface area (TPSA) is 82.7 Å². The minimum atomic E-state index is -4.46. The van der Waals surface area contributed by atoms with Gasteiger partial charge in [-0.25, -0.2) is 14.8 Å². The first-order chi connectivity index (χ1) is 12.8. The first-order valence-electron chi connectivity index (χ1n) is 8.21. The highest BCUT2D eigenvalue weighted by molar-refractivity contribution is 6.05. The van der Waals surface area contributed by atoms with Crippen LogP contribution >= 0.6 is 0 Å². The molecule has 1 fully saturated rings. The van der Waals surface area contributed by atoms with Crippen LogP contribution in [0.3, 0.4) is 0 Å². The number of likely N-dealkylation sites (N-methyl/N-ethyl adjacent to an activating group) is 1. The summed E-state index contributed by atoms with van der Waals surface area (Å²) in [6.45, 7) is 0.971. The Bertz CT molecular complexity index is 1030. The predicted octanol–water partition coefficient (Wildman–Crippen LogP) is 3.58. The summed E-state index contributed by atoms with van der Waals surface area (Å²) in [5, 5.41) is 9.39. The van der Waals surface area contributed by atoms with Crippen molar-refractivity contribution in [3.05, 3.63) is 30.1 Å². The van der Waals surface area contributed by atoms with Crippen LogP contribution in [0.1, 0.15) is 12.0 Å². The van der Waals surface area contributed by atoms with E-state index in [2.05, 4.69) is 9.97 Å². The highest BCUT2D eigenvalue weighted by Crippen LogP contribution is 2.37. The zero-order chi connectivity index (χ0) is 19.3. The second kappa shape index (κ2) is 6.00. The summed E-state index contributed by atoms with van der Waals surface area (Å²) in [6, 6.07) is 3.05. The lowest BCUT2D eigenvalue weighted by Gasteiger charge is -2.22. The van der Waals surface area contributed by atoms with Crippen LogP contribution in [-0.2, 0) is 6.18 Å². The van der Waals surface area contributed by atoms with Crippen molar-refractivity contribution in [3.63, 3.8) is 0 Å². The van der Waals surface area contributed by atoms with Crippen molar-refractivity contribution in [2.45, 2.75) is 18.6 Å². The maximum absolute atomic E-state index is 13.0. The first-order valence-corrected chi connectivity index (χ1v) is 8.21. The lowest BCUT2D eigenvalue weighted by atomic mass is 10.1. The molecule has 1 aliphatic heterocycles. The van der Waals surface area contributed by atoms with E-state index < -0.39 is 17.8 Å². The molecule has 142 valence electrons. The van der Waals surface area contributed by atoms with Crippen LogP contribution < -0.4 is 4.90 Å². The molecule has 27 heavy (non-hydrogen) atoms. The van der Waals surface area contributed by atoms with Crippen LogP contribution in [-0.4, -0.2) is 52.2 Å². The molecule has 1 aromatic carbocycles. The first kappa shape index (κ1) is 17.4. The van der Waals surface area contributed by atoms with Gasteiger partial charge in [-0.1, -0.05) is 0 Å². The standard InChI is InChI=1S/C17H15F3N4O3/c1-23(16(25)26)10-4-5-24(7-10)15-14-13(21-8-22-15)11-6-9(17(18,19)20)2-3-12(11)27-14/h2-3,6,8,10H,4-5,7H2,1H3,(H,25,26)/t10-/m1/s1. The van der Waals surface area contributed by atoms with E-state index in [1.807, 2.05) is 4.90 Å². The van der Waals surface area contributed by atoms with Crippen molar-refractivity contribution in [3.8, 4) is 0 Å². The number of aromatic nitrogens is 2. The third-order valence-electron chi connectivity index (χ3n) is 4.87. The van der Waals surface area contributed by atoms with Crippen LogP contribution in [0, 0.1) is 0 Å². The molecule has 0 radical (unpaired) electrons. The molecule has 1 atom stereocenters. The normalized spacial score (nSPS) is 17.8. The molecule has 3 aromatic rings. The number of fused-ring (bicyclic) bond motifs is 3. The average Bonchev–Trinajstić information content (AvgIpc) is 3.24. The summed E-state index contributed by atoms with van der Waals surface area (Å²) in [6.07, 6.45) is -3.58. The molecule has 7 nitrogen and oxygen atoms in total. The van der Waals surface area contributed by atoms with Gasteiger partial charge < -0.3 is 19.3 Å². The Morgan fingerprint density at radius 2 is 2.15 bits per heavy atom. The van der Waals surface area contributed by atoms with Gasteiger partial charge in [0.05, 0.1) is 11.6 Å². The van der Waals surface area contributed by atoms with Gasteiger partial charge in [0.1, 0.15) is 17.4 Å². The summed E-state index contributed by atoms with van der Waals surface area (Å²) in [5.41, 5.74) is 0.113. The van der Waals surface area contributed by atoms with Crippen molar-refractivity contribution < 1.29 is 27.5 Å². The van der Waals surface area contributed by atoms with E-state index in [0.717, 1.165) is 12.1 Å². The summed E-state index contributed by atoms with van der Waals surface area (Å²) in [5.74, 6) is 0.450. The predicted molar refractivity (Wildman–Crippen MR) is 90.7 cm³/mol. The minimum absolute atomic E-state index is 0.200. The fourth-order valence-electron chi connectivity index (χ4n) is 3.37. The molecule has 1 saturated heterocycles. The van der Waals surface area contributed by atoms with Gasteiger partial charge in [-0.3, -0.25) is 0 Å². The van der Waals surface area contributed by atoms with E-state index in [1.165, 1.54) is 24.3 Å². The molecule has 10 heteroatoms. The maximum atomic E-state index is 13.0. The zero-order valence-electron chi connectivity index (χ0n) is 14.2. The molecule has 0 unspecified atom stereocenters. The van der Waals surface area contributed by atoms with E-state index in [-0.39, 0.29) is 17.0 Å². The van der Waals surface area contributed by atoms with E-state index >= 15 is 0 Å². The molecule has 1 aliphatic rings. The maximum Gasteiger partial charge on any atom is 0.416 e. The number of carboxylic acid groups (broad SMARTS) is 1. The molecular weight excluding hydrogens is 365 g/mol. The number of furan rings is 1. The van der Waals surface area contributed by atoms with E-state index in [0.29, 0.717) is 36.4 Å². The van der Waals surface area contributed by atoms with Gasteiger partial charge in [-0.2, -0.15) is 13.2 Å². The number of anilines is 1. The Kier molecular flexibility index (Phi) is 3.86. The van der Waals surface area contributed by atoms with Crippen LogP contribution in [0.25, 0.3) is 22.1 Å². The molecule has 0 bridgehead atoms. The Morgan fingerprint density at radius 1 is 1.37 bits per heavy atom. The summed E-state index contributed by atoms with van der Waals surface area (Å²) >= 11 is 0. The van der Waals surface area contributed by atoms with Crippen LogP contribution in [0.2, 0.25) is 0 Å². The number of alkyl halides is 3. The van der Waals surface area contributed by atoms with Gasteiger partial charge in [-0.15, -0.1) is 0 Å². The monoisotopic (exact) mass is 380 g/mol. The van der Waals surface area contributed by atoms with E-state index in [4.69, 9.17) is 9.52 Å². The van der Waals surface area contributed by atoms with E-state index in [1.54, 1.807) is 0 Å². The van der Waals surface area contributed by atoms with Crippen molar-refractivity contribution in [2.24, 2.45) is 0 Å². The second-order valence-corrected chi connectivity index (χ2v) is 6.47. The number of hydrogen-bond donors (Lipinski definition) is 1. The van der Waals surface area contributed by atoms with Crippen LogP contribution in [0.4, 0.5) is 23.8 Å². The second-order valence-electron chi connectivity index (χ2n) is 6.47. The largest absolute Gasteiger partial charge is 0.465 e. The number of halogens is 3. The van der Waals surface area contributed by atoms with Crippen molar-refractivity contribution in [1.82, 2.24) is 14.9 Å². The molecular formula is C17H15F3N4O3. The number of amides is 1. The van der Waals surface area contributed by atoms with Gasteiger partial charge in [0.2, 0.25) is 0 Å². The minimum Gasteiger partial charge on any atom is -0.465 e. The molecule has 4 rings (SSSR count). The fourth-order valence-corrected chi connectivity index (χ4v) is 3.37. The zero-order valence-corrected chi connectivity index (χ0v) is 14.2. The lowest BCUT2D eigenvalue weighted by molar-refractivity contribution is -0.137. The van der Waals surface area contributed by atoms with Gasteiger partial charge in [0, 0.05) is 25.5 Å². The third-order valence-corrected chi connectivity index (χ3v) is 4.87. The molecule has 1 amide bonds. The van der Waals surface area contributed by atoms with Crippen molar-refractivity contribution in [2.75, 3.05) is 25.0 Å². The number of nitrogens with zero attached hydrogens (tertiary/aromatic N) is 4. The molecule has 0 spiro atoms. The van der Waals surface area contributed by atoms with Gasteiger partial charge in [0.25, 0.3) is 0 Å². The quantitative estimate of drug-likeness (QED) is 0.732. The highest BCUT2D eigenvalue weighted by atomic mass is 19.4. The number of benzene rings is 1. The Balaban J connectivity index is 1.76. The molecule has 0 aliphatic carbocycles. The number of carbonyl (C=O) groups is 1. The van der Waals surface area contributed by atoms with Gasteiger partial charge in [-0.05, 0) is 24.6 Å².